The molecule has 4 aromatic rings. The van der Waals surface area contributed by atoms with Crippen LogP contribution in [0.4, 0.5) is 4.39 Å². The molecular formula is C24H19FN2O3. The molecule has 3 aromatic carbocycles. The van der Waals surface area contributed by atoms with Crippen molar-refractivity contribution < 1.29 is 9.18 Å². The van der Waals surface area contributed by atoms with Crippen LogP contribution in [-0.2, 0) is 19.5 Å². The Kier molecular flexibility index (Phi) is 5.39. The molecule has 0 spiro atoms. The summed E-state index contributed by atoms with van der Waals surface area (Å²) in [6, 6.07) is 20.5. The number of aryl methyl sites for hydroxylation is 1. The molecule has 0 unspecified atom stereocenters. The average molecular weight is 402 g/mol. The van der Waals surface area contributed by atoms with Crippen molar-refractivity contribution in [3.8, 4) is 0 Å². The highest BCUT2D eigenvalue weighted by molar-refractivity contribution is 5.79. The highest BCUT2D eigenvalue weighted by atomic mass is 19.1. The lowest BCUT2D eigenvalue weighted by atomic mass is 10.1. The van der Waals surface area contributed by atoms with Gasteiger partial charge in [0.1, 0.15) is 12.1 Å². The number of hydrogen-bond acceptors (Lipinski definition) is 3. The molecule has 1 heterocycles. The Morgan fingerprint density at radius 2 is 1.57 bits per heavy atom. The number of rotatable bonds is 6. The van der Waals surface area contributed by atoms with Gasteiger partial charge in [-0.2, -0.15) is 0 Å². The van der Waals surface area contributed by atoms with E-state index in [0.29, 0.717) is 12.0 Å². The first-order valence-corrected chi connectivity index (χ1v) is 9.59. The Balaban J connectivity index is 1.85. The van der Waals surface area contributed by atoms with E-state index in [-0.39, 0.29) is 24.0 Å². The molecule has 0 aliphatic rings. The van der Waals surface area contributed by atoms with E-state index < -0.39 is 17.1 Å². The summed E-state index contributed by atoms with van der Waals surface area (Å²) in [6.07, 6.45) is 1.08. The number of aldehydes is 1. The zero-order valence-corrected chi connectivity index (χ0v) is 16.1. The fourth-order valence-corrected chi connectivity index (χ4v) is 3.65. The molecule has 0 aliphatic carbocycles. The van der Waals surface area contributed by atoms with Gasteiger partial charge in [0, 0.05) is 12.1 Å². The van der Waals surface area contributed by atoms with Gasteiger partial charge in [0.15, 0.2) is 0 Å². The summed E-state index contributed by atoms with van der Waals surface area (Å²) in [5.74, 6) is -0.615. The van der Waals surface area contributed by atoms with Gasteiger partial charge in [-0.1, -0.05) is 60.7 Å². The maximum Gasteiger partial charge on any atom is 0.331 e. The van der Waals surface area contributed by atoms with Crippen molar-refractivity contribution in [2.24, 2.45) is 0 Å². The van der Waals surface area contributed by atoms with E-state index in [2.05, 4.69) is 0 Å². The van der Waals surface area contributed by atoms with Crippen LogP contribution in [-0.4, -0.2) is 15.4 Å². The number of halogens is 1. The topological polar surface area (TPSA) is 61.1 Å². The number of carbonyl (C=O) groups is 1. The van der Waals surface area contributed by atoms with E-state index in [1.807, 2.05) is 30.3 Å². The first-order valence-electron chi connectivity index (χ1n) is 9.59. The Bertz CT molecular complexity index is 1340. The molecule has 4 rings (SSSR count). The number of para-hydroxylation sites is 1. The molecule has 5 nitrogen and oxygen atoms in total. The van der Waals surface area contributed by atoms with Crippen molar-refractivity contribution >= 4 is 17.2 Å². The molecule has 0 amide bonds. The molecule has 1 aromatic heterocycles. The molecule has 0 bridgehead atoms. The third kappa shape index (κ3) is 3.59. The van der Waals surface area contributed by atoms with E-state index in [1.54, 1.807) is 24.3 Å². The van der Waals surface area contributed by atoms with E-state index in [9.17, 15) is 18.8 Å². The molecule has 30 heavy (non-hydrogen) atoms. The Labute approximate surface area is 171 Å². The minimum Gasteiger partial charge on any atom is -0.298 e. The number of carbonyl (C=O) groups excluding carboxylic acids is 1. The molecule has 0 atom stereocenters. The fourth-order valence-electron chi connectivity index (χ4n) is 3.65. The maximum atomic E-state index is 14.6. The van der Waals surface area contributed by atoms with Gasteiger partial charge in [-0.05, 0) is 29.7 Å². The number of aromatic nitrogens is 2. The van der Waals surface area contributed by atoms with Crippen molar-refractivity contribution in [3.05, 3.63) is 116 Å². The minimum atomic E-state index is -0.615. The van der Waals surface area contributed by atoms with Crippen LogP contribution in [0.2, 0.25) is 0 Å². The van der Waals surface area contributed by atoms with Crippen LogP contribution >= 0.6 is 0 Å². The van der Waals surface area contributed by atoms with Crippen molar-refractivity contribution in [2.45, 2.75) is 19.5 Å². The predicted molar refractivity (Wildman–Crippen MR) is 114 cm³/mol. The third-order valence-electron chi connectivity index (χ3n) is 5.16. The Morgan fingerprint density at radius 3 is 2.33 bits per heavy atom. The second-order valence-corrected chi connectivity index (χ2v) is 7.01. The number of benzene rings is 3. The summed E-state index contributed by atoms with van der Waals surface area (Å²) in [5, 5.41) is 0.147. The highest BCUT2D eigenvalue weighted by Gasteiger charge is 2.16. The van der Waals surface area contributed by atoms with Crippen molar-refractivity contribution in [3.63, 3.8) is 0 Å². The normalized spacial score (nSPS) is 11.0. The van der Waals surface area contributed by atoms with Gasteiger partial charge >= 0.3 is 5.69 Å². The van der Waals surface area contributed by atoms with E-state index in [4.69, 9.17) is 0 Å². The van der Waals surface area contributed by atoms with Crippen molar-refractivity contribution in [1.82, 2.24) is 9.13 Å². The summed E-state index contributed by atoms with van der Waals surface area (Å²) in [7, 11) is 0. The molecule has 0 N–H and O–H groups in total. The molecule has 0 aliphatic heterocycles. The van der Waals surface area contributed by atoms with Crippen LogP contribution in [0.3, 0.4) is 0 Å². The quantitative estimate of drug-likeness (QED) is 0.465. The van der Waals surface area contributed by atoms with Gasteiger partial charge in [-0.25, -0.2) is 9.18 Å². The first kappa shape index (κ1) is 19.5. The monoisotopic (exact) mass is 402 g/mol. The highest BCUT2D eigenvalue weighted by Crippen LogP contribution is 2.15. The van der Waals surface area contributed by atoms with Crippen LogP contribution in [0.15, 0.2) is 82.4 Å². The summed E-state index contributed by atoms with van der Waals surface area (Å²) in [5.41, 5.74) is 0.962. The second-order valence-electron chi connectivity index (χ2n) is 7.01. The Hall–Kier alpha value is -3.80. The lowest BCUT2D eigenvalue weighted by Gasteiger charge is -2.15. The summed E-state index contributed by atoms with van der Waals surface area (Å²) >= 11 is 0. The number of fused-ring (bicyclic) bond motifs is 1. The molecule has 0 fully saturated rings. The van der Waals surface area contributed by atoms with Crippen LogP contribution in [0.1, 0.15) is 21.5 Å². The van der Waals surface area contributed by atoms with Gasteiger partial charge < -0.3 is 0 Å². The summed E-state index contributed by atoms with van der Waals surface area (Å²) in [6.45, 7) is 0.228. The van der Waals surface area contributed by atoms with Gasteiger partial charge in [0.05, 0.1) is 17.4 Å². The molecule has 0 radical (unpaired) electrons. The maximum absolute atomic E-state index is 14.6. The van der Waals surface area contributed by atoms with Gasteiger partial charge in [-0.15, -0.1) is 0 Å². The van der Waals surface area contributed by atoms with Crippen molar-refractivity contribution in [2.75, 3.05) is 0 Å². The standard InChI is InChI=1S/C24H19FN2O3/c25-21-12-6-11-20-22(21)27(15-17-7-2-1-3-8-17)24(30)26(23(20)29)14-13-18-9-4-5-10-19(18)16-28/h1-12,16H,13-15H2. The molecule has 0 saturated heterocycles. The number of hydrogen-bond donors (Lipinski definition) is 0. The lowest BCUT2D eigenvalue weighted by Crippen LogP contribution is -2.41. The zero-order valence-electron chi connectivity index (χ0n) is 16.1. The van der Waals surface area contributed by atoms with Crippen LogP contribution in [0.5, 0.6) is 0 Å². The van der Waals surface area contributed by atoms with E-state index in [1.165, 1.54) is 22.8 Å². The predicted octanol–water partition coefficient (Wildman–Crippen LogP) is 3.41. The molecule has 6 heteroatoms. The van der Waals surface area contributed by atoms with Gasteiger partial charge in [0.2, 0.25) is 0 Å². The van der Waals surface area contributed by atoms with Crippen molar-refractivity contribution in [1.29, 1.82) is 0 Å². The fraction of sp³-hybridized carbons (Fsp3) is 0.125. The lowest BCUT2D eigenvalue weighted by molar-refractivity contribution is 0.112. The minimum absolute atomic E-state index is 0.000828. The largest absolute Gasteiger partial charge is 0.331 e. The first-order chi connectivity index (χ1) is 14.6. The molecule has 0 saturated carbocycles. The second kappa shape index (κ2) is 8.29. The van der Waals surface area contributed by atoms with Crippen LogP contribution < -0.4 is 11.2 Å². The third-order valence-corrected chi connectivity index (χ3v) is 5.16. The van der Waals surface area contributed by atoms with Crippen LogP contribution in [0, 0.1) is 5.82 Å². The van der Waals surface area contributed by atoms with E-state index >= 15 is 0 Å². The smallest absolute Gasteiger partial charge is 0.298 e. The summed E-state index contributed by atoms with van der Waals surface area (Å²) in [4.78, 5) is 37.5. The zero-order chi connectivity index (χ0) is 21.1. The van der Waals surface area contributed by atoms with Gasteiger partial charge in [-0.3, -0.25) is 18.7 Å². The van der Waals surface area contributed by atoms with E-state index in [0.717, 1.165) is 22.0 Å². The SMILES string of the molecule is O=Cc1ccccc1CCn1c(=O)c2cccc(F)c2n(Cc2ccccc2)c1=O. The number of nitrogens with zero attached hydrogens (tertiary/aromatic N) is 2. The summed E-state index contributed by atoms with van der Waals surface area (Å²) < 4.78 is 17.1. The Morgan fingerprint density at radius 1 is 0.833 bits per heavy atom. The molecule has 150 valence electrons. The van der Waals surface area contributed by atoms with Crippen LogP contribution in [0.25, 0.3) is 10.9 Å². The van der Waals surface area contributed by atoms with Gasteiger partial charge in [0.25, 0.3) is 5.56 Å². The average Bonchev–Trinajstić information content (AvgIpc) is 2.77. The molecular weight excluding hydrogens is 383 g/mol.